The molecule has 2 radical (unpaired) electrons. The van der Waals surface area contributed by atoms with Crippen molar-refractivity contribution >= 4 is 50.2 Å². The van der Waals surface area contributed by atoms with Gasteiger partial charge in [0.15, 0.2) is 22.6 Å². The van der Waals surface area contributed by atoms with Crippen molar-refractivity contribution in [3.63, 3.8) is 0 Å². The Morgan fingerprint density at radius 1 is 1.10 bits per heavy atom. The lowest BCUT2D eigenvalue weighted by atomic mass is 9.79. The zero-order valence-corrected chi connectivity index (χ0v) is 14.9. The summed E-state index contributed by atoms with van der Waals surface area (Å²) in [5, 5.41) is 4.77. The van der Waals surface area contributed by atoms with Crippen molar-refractivity contribution in [2.45, 2.75) is 57.7 Å². The highest BCUT2D eigenvalue weighted by Gasteiger charge is 2.39. The molecule has 0 atom stereocenters. The summed E-state index contributed by atoms with van der Waals surface area (Å²) in [6, 6.07) is 0.480. The lowest BCUT2D eigenvalue weighted by molar-refractivity contribution is 0.161. The van der Waals surface area contributed by atoms with Gasteiger partial charge in [0.25, 0.3) is 0 Å². The van der Waals surface area contributed by atoms with Gasteiger partial charge in [0.05, 0.1) is 0 Å². The molecule has 0 aromatic carbocycles. The first kappa shape index (κ1) is 15.2. The first-order valence-electron chi connectivity index (χ1n) is 7.20. The molecular formula is C14H21BN4S2. The average Bonchev–Trinajstić information content (AvgIpc) is 2.80. The van der Waals surface area contributed by atoms with Crippen LogP contribution in [0.15, 0.2) is 0 Å². The number of nitrogens with zero attached hydrogens (tertiary/aromatic N) is 3. The van der Waals surface area contributed by atoms with E-state index in [0.717, 1.165) is 27.6 Å². The molecule has 0 aliphatic carbocycles. The lowest BCUT2D eigenvalue weighted by Crippen LogP contribution is -2.61. The Labute approximate surface area is 135 Å². The fourth-order valence-electron chi connectivity index (χ4n) is 3.50. The summed E-state index contributed by atoms with van der Waals surface area (Å²) < 4.78 is 0. The minimum Gasteiger partial charge on any atom is -0.348 e. The fraction of sp³-hybridized carbons (Fsp3) is 0.714. The molecule has 0 amide bonds. The van der Waals surface area contributed by atoms with E-state index >= 15 is 0 Å². The molecule has 0 bridgehead atoms. The predicted octanol–water partition coefficient (Wildman–Crippen LogP) is 2.29. The number of rotatable bonds is 2. The van der Waals surface area contributed by atoms with Crippen LogP contribution in [-0.4, -0.2) is 42.0 Å². The molecule has 1 fully saturated rings. The van der Waals surface area contributed by atoms with E-state index in [1.807, 2.05) is 0 Å². The summed E-state index contributed by atoms with van der Waals surface area (Å²) >= 11 is 3.10. The highest BCUT2D eigenvalue weighted by atomic mass is 32.1. The van der Waals surface area contributed by atoms with Gasteiger partial charge in [-0.25, -0.2) is 9.97 Å². The summed E-state index contributed by atoms with van der Waals surface area (Å²) in [5.41, 5.74) is 0.274. The Kier molecular flexibility index (Phi) is 3.58. The Hall–Kier alpha value is -0.655. The molecule has 1 N–H and O–H groups in total. The van der Waals surface area contributed by atoms with Crippen molar-refractivity contribution in [1.82, 2.24) is 15.3 Å². The topological polar surface area (TPSA) is 41.1 Å². The van der Waals surface area contributed by atoms with Crippen LogP contribution in [0.1, 0.15) is 40.5 Å². The molecular weight excluding hydrogens is 299 g/mol. The van der Waals surface area contributed by atoms with Crippen LogP contribution >= 0.6 is 22.7 Å². The van der Waals surface area contributed by atoms with Gasteiger partial charge < -0.3 is 10.2 Å². The van der Waals surface area contributed by atoms with E-state index in [2.05, 4.69) is 49.9 Å². The molecule has 0 unspecified atom stereocenters. The van der Waals surface area contributed by atoms with Crippen LogP contribution in [0.2, 0.25) is 0 Å². The molecule has 112 valence electrons. The van der Waals surface area contributed by atoms with Crippen LogP contribution in [-0.2, 0) is 0 Å². The number of anilines is 1. The van der Waals surface area contributed by atoms with Crippen molar-refractivity contribution in [2.75, 3.05) is 11.9 Å². The second-order valence-electron chi connectivity index (χ2n) is 7.22. The Bertz CT molecular complexity index is 614. The molecule has 0 spiro atoms. The lowest BCUT2D eigenvalue weighted by Gasteiger charge is -2.48. The number of hydrogen-bond acceptors (Lipinski definition) is 6. The quantitative estimate of drug-likeness (QED) is 0.862. The van der Waals surface area contributed by atoms with Crippen molar-refractivity contribution < 1.29 is 0 Å². The molecule has 21 heavy (non-hydrogen) atoms. The first-order valence-corrected chi connectivity index (χ1v) is 8.84. The summed E-state index contributed by atoms with van der Waals surface area (Å²) in [5.74, 6) is 0. The molecule has 2 aromatic heterocycles. The van der Waals surface area contributed by atoms with Gasteiger partial charge in [0.1, 0.15) is 0 Å². The van der Waals surface area contributed by atoms with Gasteiger partial charge in [0, 0.05) is 29.1 Å². The van der Waals surface area contributed by atoms with E-state index < -0.39 is 0 Å². The fourth-order valence-corrected chi connectivity index (χ4v) is 5.34. The van der Waals surface area contributed by atoms with Crippen LogP contribution in [0.25, 0.3) is 9.66 Å². The van der Waals surface area contributed by atoms with Crippen molar-refractivity contribution in [2.24, 2.45) is 0 Å². The zero-order valence-electron chi connectivity index (χ0n) is 13.2. The van der Waals surface area contributed by atoms with E-state index in [4.69, 9.17) is 12.8 Å². The third-order valence-electron chi connectivity index (χ3n) is 4.00. The molecule has 7 heteroatoms. The van der Waals surface area contributed by atoms with Crippen LogP contribution in [0.4, 0.5) is 5.13 Å². The predicted molar refractivity (Wildman–Crippen MR) is 93.4 cm³/mol. The molecule has 4 nitrogen and oxygen atoms in total. The number of nitrogens with one attached hydrogen (secondary N) is 1. The molecule has 3 rings (SSSR count). The minimum atomic E-state index is 0.137. The van der Waals surface area contributed by atoms with Gasteiger partial charge in [-0.2, -0.15) is 0 Å². The van der Waals surface area contributed by atoms with Crippen LogP contribution in [0.3, 0.4) is 0 Å². The third-order valence-corrected chi connectivity index (χ3v) is 5.95. The SMILES string of the molecule is [B]c1nc2sc(N(C)C3CC(C)(C)NC(C)(C)C3)nc2s1. The zero-order chi connectivity index (χ0) is 15.4. The average molecular weight is 320 g/mol. The van der Waals surface area contributed by atoms with E-state index in [0.29, 0.717) is 10.9 Å². The summed E-state index contributed by atoms with van der Waals surface area (Å²) in [6.07, 6.45) is 2.21. The van der Waals surface area contributed by atoms with Crippen LogP contribution in [0, 0.1) is 0 Å². The second kappa shape index (κ2) is 4.93. The number of thiazole rings is 2. The van der Waals surface area contributed by atoms with Crippen LogP contribution < -0.4 is 15.1 Å². The standard InChI is InChI=1S/C14H21BN4S2/c1-13(2)6-8(7-14(3,4)18-13)19(5)12-17-10-9(21-12)16-11(15)20-10/h8,18H,6-7H2,1-5H3. The number of piperidine rings is 1. The van der Waals surface area contributed by atoms with Crippen LogP contribution in [0.5, 0.6) is 0 Å². The van der Waals surface area contributed by atoms with Crippen molar-refractivity contribution in [1.29, 1.82) is 0 Å². The maximum Gasteiger partial charge on any atom is 0.188 e. The normalized spacial score (nSPS) is 21.8. The molecule has 1 aliphatic rings. The number of fused-ring (bicyclic) bond motifs is 1. The van der Waals surface area contributed by atoms with Gasteiger partial charge >= 0.3 is 0 Å². The minimum absolute atomic E-state index is 0.137. The molecule has 0 saturated carbocycles. The number of hydrogen-bond donors (Lipinski definition) is 1. The molecule has 1 saturated heterocycles. The highest BCUT2D eigenvalue weighted by molar-refractivity contribution is 7.31. The van der Waals surface area contributed by atoms with E-state index in [1.165, 1.54) is 11.3 Å². The van der Waals surface area contributed by atoms with Crippen molar-refractivity contribution in [3.8, 4) is 0 Å². The third kappa shape index (κ3) is 3.10. The highest BCUT2D eigenvalue weighted by Crippen LogP contribution is 2.36. The van der Waals surface area contributed by atoms with Gasteiger partial charge in [-0.3, -0.25) is 0 Å². The Balaban J connectivity index is 1.86. The van der Waals surface area contributed by atoms with E-state index in [-0.39, 0.29) is 11.1 Å². The molecule has 2 aromatic rings. The van der Waals surface area contributed by atoms with Gasteiger partial charge in [-0.05, 0) is 40.5 Å². The maximum absolute atomic E-state index is 5.73. The van der Waals surface area contributed by atoms with Gasteiger partial charge in [-0.15, -0.1) is 11.3 Å². The van der Waals surface area contributed by atoms with E-state index in [1.54, 1.807) is 11.3 Å². The monoisotopic (exact) mass is 320 g/mol. The molecule has 1 aliphatic heterocycles. The summed E-state index contributed by atoms with van der Waals surface area (Å²) in [6.45, 7) is 9.10. The smallest absolute Gasteiger partial charge is 0.188 e. The number of aromatic nitrogens is 2. The second-order valence-corrected chi connectivity index (χ2v) is 9.19. The van der Waals surface area contributed by atoms with Crippen molar-refractivity contribution in [3.05, 3.63) is 0 Å². The van der Waals surface area contributed by atoms with E-state index in [9.17, 15) is 0 Å². The summed E-state index contributed by atoms with van der Waals surface area (Å²) in [7, 11) is 7.87. The maximum atomic E-state index is 5.73. The first-order chi connectivity index (χ1) is 9.65. The largest absolute Gasteiger partial charge is 0.348 e. The van der Waals surface area contributed by atoms with Gasteiger partial charge in [-0.1, -0.05) is 11.3 Å². The van der Waals surface area contributed by atoms with Gasteiger partial charge in [0.2, 0.25) is 0 Å². The summed E-state index contributed by atoms with van der Waals surface area (Å²) in [4.78, 5) is 13.9. The molecule has 3 heterocycles. The Morgan fingerprint density at radius 3 is 2.24 bits per heavy atom. The Morgan fingerprint density at radius 2 is 1.67 bits per heavy atom.